The maximum absolute atomic E-state index is 13.3. The summed E-state index contributed by atoms with van der Waals surface area (Å²) in [5.74, 6) is 0.382. The zero-order valence-electron chi connectivity index (χ0n) is 7.61. The average molecular weight is 171 g/mol. The van der Waals surface area contributed by atoms with Crippen molar-refractivity contribution in [1.82, 2.24) is 15.3 Å². The van der Waals surface area contributed by atoms with Crippen molar-refractivity contribution in [1.29, 1.82) is 0 Å². The van der Waals surface area contributed by atoms with Crippen molar-refractivity contribution in [2.24, 2.45) is 0 Å². The number of halogens is 1. The van der Waals surface area contributed by atoms with E-state index in [1.165, 1.54) is 13.8 Å². The molecule has 0 aliphatic rings. The van der Waals surface area contributed by atoms with Gasteiger partial charge < -0.3 is 10.3 Å². The standard InChI is InChI=1S/C8H14FN3/c1-8(2,9)7-11-5-6(12-7)4-10-3/h5,10H,4H2,1-3H3,(H,11,12). The van der Waals surface area contributed by atoms with Gasteiger partial charge in [0.05, 0.1) is 0 Å². The number of aromatic amines is 1. The fourth-order valence-corrected chi connectivity index (χ4v) is 0.942. The van der Waals surface area contributed by atoms with Crippen LogP contribution in [0.25, 0.3) is 0 Å². The molecule has 0 radical (unpaired) electrons. The average Bonchev–Trinajstić information content (AvgIpc) is 2.35. The molecule has 0 bridgehead atoms. The molecule has 3 nitrogen and oxygen atoms in total. The molecule has 0 amide bonds. The van der Waals surface area contributed by atoms with Crippen molar-refractivity contribution in [2.45, 2.75) is 26.1 Å². The van der Waals surface area contributed by atoms with Crippen molar-refractivity contribution in [3.05, 3.63) is 17.7 Å². The van der Waals surface area contributed by atoms with Gasteiger partial charge >= 0.3 is 0 Å². The molecule has 1 heterocycles. The fraction of sp³-hybridized carbons (Fsp3) is 0.625. The Labute approximate surface area is 71.4 Å². The van der Waals surface area contributed by atoms with E-state index >= 15 is 0 Å². The highest BCUT2D eigenvalue weighted by Crippen LogP contribution is 2.20. The number of H-pyrrole nitrogens is 1. The third kappa shape index (κ3) is 2.04. The summed E-state index contributed by atoms with van der Waals surface area (Å²) in [4.78, 5) is 6.84. The molecule has 1 aromatic rings. The van der Waals surface area contributed by atoms with Crippen LogP contribution in [0.3, 0.4) is 0 Å². The lowest BCUT2D eigenvalue weighted by Gasteiger charge is -2.09. The molecule has 12 heavy (non-hydrogen) atoms. The van der Waals surface area contributed by atoms with Crippen LogP contribution in [-0.4, -0.2) is 17.0 Å². The SMILES string of the molecule is CNCc1cnc(C(C)(C)F)[nH]1. The Hall–Kier alpha value is -0.900. The molecule has 0 spiro atoms. The van der Waals surface area contributed by atoms with Crippen molar-refractivity contribution in [3.63, 3.8) is 0 Å². The Morgan fingerprint density at radius 2 is 2.33 bits per heavy atom. The van der Waals surface area contributed by atoms with E-state index in [0.29, 0.717) is 12.4 Å². The van der Waals surface area contributed by atoms with Crippen LogP contribution in [0.4, 0.5) is 4.39 Å². The Balaban J connectivity index is 2.77. The summed E-state index contributed by atoms with van der Waals surface area (Å²) in [5.41, 5.74) is -0.482. The van der Waals surface area contributed by atoms with Gasteiger partial charge in [-0.1, -0.05) is 0 Å². The molecule has 0 unspecified atom stereocenters. The summed E-state index contributed by atoms with van der Waals surface area (Å²) in [6.45, 7) is 3.65. The number of nitrogens with zero attached hydrogens (tertiary/aromatic N) is 1. The molecule has 0 fully saturated rings. The minimum absolute atomic E-state index is 0.382. The van der Waals surface area contributed by atoms with E-state index in [1.54, 1.807) is 6.20 Å². The van der Waals surface area contributed by atoms with E-state index in [0.717, 1.165) is 5.69 Å². The summed E-state index contributed by atoms with van der Waals surface area (Å²) < 4.78 is 13.3. The van der Waals surface area contributed by atoms with Gasteiger partial charge in [0.15, 0.2) is 5.67 Å². The molecule has 0 atom stereocenters. The van der Waals surface area contributed by atoms with Crippen LogP contribution in [-0.2, 0) is 12.2 Å². The van der Waals surface area contributed by atoms with Gasteiger partial charge in [-0.2, -0.15) is 0 Å². The highest BCUT2D eigenvalue weighted by atomic mass is 19.1. The zero-order chi connectivity index (χ0) is 9.19. The van der Waals surface area contributed by atoms with Crippen LogP contribution in [0.5, 0.6) is 0 Å². The summed E-state index contributed by atoms with van der Waals surface area (Å²) in [5, 5.41) is 2.96. The third-order valence-corrected chi connectivity index (χ3v) is 1.56. The summed E-state index contributed by atoms with van der Waals surface area (Å²) in [6, 6.07) is 0. The minimum Gasteiger partial charge on any atom is -0.342 e. The lowest BCUT2D eigenvalue weighted by atomic mass is 10.2. The second-order valence-corrected chi connectivity index (χ2v) is 3.26. The largest absolute Gasteiger partial charge is 0.342 e. The van der Waals surface area contributed by atoms with Crippen LogP contribution in [0, 0.1) is 0 Å². The summed E-state index contributed by atoms with van der Waals surface area (Å²) in [7, 11) is 1.83. The van der Waals surface area contributed by atoms with Crippen molar-refractivity contribution < 1.29 is 4.39 Å². The van der Waals surface area contributed by atoms with Gasteiger partial charge in [0.1, 0.15) is 5.82 Å². The van der Waals surface area contributed by atoms with Gasteiger partial charge in [-0.25, -0.2) is 9.37 Å². The molecule has 4 heteroatoms. The van der Waals surface area contributed by atoms with Crippen LogP contribution in [0.15, 0.2) is 6.20 Å². The van der Waals surface area contributed by atoms with Gasteiger partial charge in [-0.05, 0) is 20.9 Å². The zero-order valence-corrected chi connectivity index (χ0v) is 7.61. The number of imidazole rings is 1. The van der Waals surface area contributed by atoms with Gasteiger partial charge in [0, 0.05) is 18.4 Å². The summed E-state index contributed by atoms with van der Waals surface area (Å²) >= 11 is 0. The molecule has 68 valence electrons. The maximum Gasteiger partial charge on any atom is 0.162 e. The van der Waals surface area contributed by atoms with Gasteiger partial charge in [0.25, 0.3) is 0 Å². The number of hydrogen-bond acceptors (Lipinski definition) is 2. The highest BCUT2D eigenvalue weighted by molar-refractivity contribution is 5.06. The number of aromatic nitrogens is 2. The number of rotatable bonds is 3. The molecule has 0 aromatic carbocycles. The fourth-order valence-electron chi connectivity index (χ4n) is 0.942. The van der Waals surface area contributed by atoms with Crippen LogP contribution >= 0.6 is 0 Å². The lowest BCUT2D eigenvalue weighted by molar-refractivity contribution is 0.208. The van der Waals surface area contributed by atoms with Gasteiger partial charge in [-0.15, -0.1) is 0 Å². The maximum atomic E-state index is 13.3. The van der Waals surface area contributed by atoms with E-state index in [9.17, 15) is 4.39 Å². The van der Waals surface area contributed by atoms with E-state index in [4.69, 9.17) is 0 Å². The van der Waals surface area contributed by atoms with Crippen molar-refractivity contribution in [3.8, 4) is 0 Å². The first-order valence-corrected chi connectivity index (χ1v) is 3.92. The molecular formula is C8H14FN3. The number of hydrogen-bond donors (Lipinski definition) is 2. The molecular weight excluding hydrogens is 157 g/mol. The summed E-state index contributed by atoms with van der Waals surface area (Å²) in [6.07, 6.45) is 1.65. The van der Waals surface area contributed by atoms with Crippen molar-refractivity contribution in [2.75, 3.05) is 7.05 Å². The first-order chi connectivity index (χ1) is 5.54. The predicted octanol–water partition coefficient (Wildman–Crippen LogP) is 1.33. The van der Waals surface area contributed by atoms with Gasteiger partial charge in [0.2, 0.25) is 0 Å². The topological polar surface area (TPSA) is 40.7 Å². The van der Waals surface area contributed by atoms with E-state index in [1.807, 2.05) is 7.05 Å². The van der Waals surface area contributed by atoms with Gasteiger partial charge in [-0.3, -0.25) is 0 Å². The monoisotopic (exact) mass is 171 g/mol. The smallest absolute Gasteiger partial charge is 0.162 e. The first-order valence-electron chi connectivity index (χ1n) is 3.92. The molecule has 0 saturated carbocycles. The lowest BCUT2D eigenvalue weighted by Crippen LogP contribution is -2.12. The Kier molecular flexibility index (Phi) is 2.47. The molecule has 2 N–H and O–H groups in total. The normalized spacial score (nSPS) is 12.0. The third-order valence-electron chi connectivity index (χ3n) is 1.56. The van der Waals surface area contributed by atoms with E-state index in [-0.39, 0.29) is 0 Å². The quantitative estimate of drug-likeness (QED) is 0.720. The van der Waals surface area contributed by atoms with Crippen molar-refractivity contribution >= 4 is 0 Å². The number of nitrogens with one attached hydrogen (secondary N) is 2. The molecule has 0 saturated heterocycles. The minimum atomic E-state index is -1.38. The Bertz CT molecular complexity index is 249. The Morgan fingerprint density at radius 3 is 2.75 bits per heavy atom. The van der Waals surface area contributed by atoms with Crippen LogP contribution in [0.1, 0.15) is 25.4 Å². The van der Waals surface area contributed by atoms with Crippen LogP contribution < -0.4 is 5.32 Å². The molecule has 0 aliphatic heterocycles. The first kappa shape index (κ1) is 9.19. The predicted molar refractivity (Wildman–Crippen MR) is 45.5 cm³/mol. The second-order valence-electron chi connectivity index (χ2n) is 3.26. The van der Waals surface area contributed by atoms with Crippen LogP contribution in [0.2, 0.25) is 0 Å². The second kappa shape index (κ2) is 3.23. The molecule has 1 aromatic heterocycles. The highest BCUT2D eigenvalue weighted by Gasteiger charge is 2.22. The Morgan fingerprint density at radius 1 is 1.67 bits per heavy atom. The van der Waals surface area contributed by atoms with E-state index in [2.05, 4.69) is 15.3 Å². The van der Waals surface area contributed by atoms with E-state index < -0.39 is 5.67 Å². The molecule has 0 aliphatic carbocycles. The number of alkyl halides is 1. The molecule has 1 rings (SSSR count).